The van der Waals surface area contributed by atoms with Gasteiger partial charge in [-0.3, -0.25) is 0 Å². The molecule has 3 rings (SSSR count). The van der Waals surface area contributed by atoms with Crippen LogP contribution >= 0.6 is 11.6 Å². The molecule has 2 aromatic rings. The van der Waals surface area contributed by atoms with Gasteiger partial charge in [0.15, 0.2) is 0 Å². The van der Waals surface area contributed by atoms with E-state index in [1.807, 2.05) is 18.2 Å². The van der Waals surface area contributed by atoms with Gasteiger partial charge in [0.05, 0.1) is 0 Å². The van der Waals surface area contributed by atoms with Crippen LogP contribution in [-0.4, -0.2) is 6.04 Å². The summed E-state index contributed by atoms with van der Waals surface area (Å²) < 4.78 is 13.2. The molecule has 1 nitrogen and oxygen atoms in total. The lowest BCUT2D eigenvalue weighted by atomic mass is 9.75. The fourth-order valence-electron chi connectivity index (χ4n) is 3.01. The van der Waals surface area contributed by atoms with Crippen LogP contribution in [0, 0.1) is 5.82 Å². The monoisotopic (exact) mass is 303 g/mol. The lowest BCUT2D eigenvalue weighted by Crippen LogP contribution is -2.41. The van der Waals surface area contributed by atoms with E-state index in [2.05, 4.69) is 24.4 Å². The molecule has 0 bridgehead atoms. The van der Waals surface area contributed by atoms with Crippen molar-refractivity contribution in [2.45, 2.75) is 37.8 Å². The zero-order valence-electron chi connectivity index (χ0n) is 12.0. The Kier molecular flexibility index (Phi) is 4.27. The summed E-state index contributed by atoms with van der Waals surface area (Å²) in [7, 11) is 0. The molecule has 0 heterocycles. The Morgan fingerprint density at radius 3 is 2.62 bits per heavy atom. The van der Waals surface area contributed by atoms with Crippen molar-refractivity contribution in [1.82, 2.24) is 5.32 Å². The van der Waals surface area contributed by atoms with Crippen LogP contribution in [0.2, 0.25) is 5.02 Å². The van der Waals surface area contributed by atoms with Crippen LogP contribution in [-0.2, 0) is 0 Å². The van der Waals surface area contributed by atoms with Crippen molar-refractivity contribution in [3.8, 4) is 0 Å². The van der Waals surface area contributed by atoms with Crippen LogP contribution in [0.5, 0.6) is 0 Å². The first kappa shape index (κ1) is 14.6. The zero-order valence-corrected chi connectivity index (χ0v) is 12.8. The molecule has 3 heteroatoms. The van der Waals surface area contributed by atoms with Crippen LogP contribution in [0.3, 0.4) is 0 Å². The van der Waals surface area contributed by atoms with Gasteiger partial charge in [-0.25, -0.2) is 4.39 Å². The number of rotatable bonds is 4. The summed E-state index contributed by atoms with van der Waals surface area (Å²) in [5.41, 5.74) is 2.32. The molecular formula is C18H19ClFN. The summed E-state index contributed by atoms with van der Waals surface area (Å²) in [5, 5.41) is 4.38. The van der Waals surface area contributed by atoms with E-state index in [4.69, 9.17) is 11.6 Å². The van der Waals surface area contributed by atoms with Gasteiger partial charge in [0.25, 0.3) is 0 Å². The van der Waals surface area contributed by atoms with Crippen LogP contribution in [0.1, 0.15) is 42.9 Å². The summed E-state index contributed by atoms with van der Waals surface area (Å²) >= 11 is 6.03. The van der Waals surface area contributed by atoms with Gasteiger partial charge < -0.3 is 5.32 Å². The van der Waals surface area contributed by atoms with Crippen molar-refractivity contribution < 1.29 is 4.39 Å². The van der Waals surface area contributed by atoms with Crippen LogP contribution in [0.4, 0.5) is 4.39 Å². The van der Waals surface area contributed by atoms with Crippen molar-refractivity contribution in [3.05, 3.63) is 70.5 Å². The number of nitrogens with one attached hydrogen (secondary N) is 1. The quantitative estimate of drug-likeness (QED) is 0.831. The minimum Gasteiger partial charge on any atom is -0.307 e. The second-order valence-electron chi connectivity index (χ2n) is 5.86. The number of benzene rings is 2. The zero-order chi connectivity index (χ0) is 14.8. The predicted molar refractivity (Wildman–Crippen MR) is 85.2 cm³/mol. The normalized spacial score (nSPS) is 22.6. The molecular weight excluding hydrogens is 285 g/mol. The summed E-state index contributed by atoms with van der Waals surface area (Å²) in [4.78, 5) is 0. The van der Waals surface area contributed by atoms with Crippen molar-refractivity contribution >= 4 is 11.6 Å². The Morgan fingerprint density at radius 1 is 1.14 bits per heavy atom. The van der Waals surface area contributed by atoms with E-state index in [-0.39, 0.29) is 11.9 Å². The van der Waals surface area contributed by atoms with Gasteiger partial charge in [-0.2, -0.15) is 0 Å². The second kappa shape index (κ2) is 6.17. The van der Waals surface area contributed by atoms with Gasteiger partial charge in [-0.05, 0) is 61.1 Å². The maximum atomic E-state index is 13.2. The minimum atomic E-state index is -0.174. The Morgan fingerprint density at radius 2 is 1.90 bits per heavy atom. The molecule has 0 spiro atoms. The molecule has 1 atom stereocenters. The average molecular weight is 304 g/mol. The van der Waals surface area contributed by atoms with Gasteiger partial charge in [-0.15, -0.1) is 0 Å². The highest BCUT2D eigenvalue weighted by molar-refractivity contribution is 6.30. The number of halogens is 2. The maximum absolute atomic E-state index is 13.2. The second-order valence-corrected chi connectivity index (χ2v) is 6.30. The minimum absolute atomic E-state index is 0.172. The smallest absolute Gasteiger partial charge is 0.123 e. The Balaban J connectivity index is 1.55. The topological polar surface area (TPSA) is 12.0 Å². The predicted octanol–water partition coefficient (Wildman–Crippen LogP) is 5.08. The largest absolute Gasteiger partial charge is 0.307 e. The first-order valence-corrected chi connectivity index (χ1v) is 7.76. The van der Waals surface area contributed by atoms with E-state index < -0.39 is 0 Å². The van der Waals surface area contributed by atoms with E-state index >= 15 is 0 Å². The van der Waals surface area contributed by atoms with Gasteiger partial charge in [0.2, 0.25) is 0 Å². The van der Waals surface area contributed by atoms with Crippen LogP contribution < -0.4 is 5.32 Å². The Labute approximate surface area is 130 Å². The lowest BCUT2D eigenvalue weighted by molar-refractivity contribution is 0.270. The van der Waals surface area contributed by atoms with Crippen LogP contribution in [0.25, 0.3) is 0 Å². The van der Waals surface area contributed by atoms with Crippen molar-refractivity contribution in [2.24, 2.45) is 0 Å². The summed E-state index contributed by atoms with van der Waals surface area (Å²) in [6.07, 6.45) is 2.22. The van der Waals surface area contributed by atoms with E-state index in [1.165, 1.54) is 11.6 Å². The number of hydrogen-bond donors (Lipinski definition) is 1. The molecule has 110 valence electrons. The Bertz CT molecular complexity index is 622. The third-order valence-corrected chi connectivity index (χ3v) is 4.53. The highest BCUT2D eigenvalue weighted by Crippen LogP contribution is 2.38. The highest BCUT2D eigenvalue weighted by atomic mass is 35.5. The van der Waals surface area contributed by atoms with Crippen molar-refractivity contribution in [2.75, 3.05) is 0 Å². The molecule has 1 saturated carbocycles. The SMILES string of the molecule is C[C@H](NC1CC(c2cccc(Cl)c2)C1)c1cccc(F)c1. The van der Waals surface area contributed by atoms with E-state index in [1.54, 1.807) is 12.1 Å². The molecule has 21 heavy (non-hydrogen) atoms. The van der Waals surface area contributed by atoms with Gasteiger partial charge in [0, 0.05) is 17.1 Å². The molecule has 1 aliphatic rings. The third-order valence-electron chi connectivity index (χ3n) is 4.29. The maximum Gasteiger partial charge on any atom is 0.123 e. The fourth-order valence-corrected chi connectivity index (χ4v) is 3.21. The van der Waals surface area contributed by atoms with Gasteiger partial charge in [0.1, 0.15) is 5.82 Å². The Hall–Kier alpha value is -1.38. The standard InChI is InChI=1S/C18H19ClFN/c1-12(13-4-3-7-17(20)9-13)21-18-10-15(11-18)14-5-2-6-16(19)8-14/h2-9,12,15,18,21H,10-11H2,1H3/t12-,15?,18?/m0/s1. The van der Waals surface area contributed by atoms with Gasteiger partial charge in [-0.1, -0.05) is 35.9 Å². The molecule has 1 N–H and O–H groups in total. The summed E-state index contributed by atoms with van der Waals surface area (Å²) in [6.45, 7) is 2.08. The van der Waals surface area contributed by atoms with E-state index in [0.29, 0.717) is 12.0 Å². The molecule has 1 aliphatic carbocycles. The summed E-state index contributed by atoms with van der Waals surface area (Å²) in [5.74, 6) is 0.410. The molecule has 0 unspecified atom stereocenters. The van der Waals surface area contributed by atoms with E-state index in [9.17, 15) is 4.39 Å². The van der Waals surface area contributed by atoms with E-state index in [0.717, 1.165) is 23.4 Å². The molecule has 0 amide bonds. The first-order valence-electron chi connectivity index (χ1n) is 7.39. The molecule has 2 aromatic carbocycles. The fraction of sp³-hybridized carbons (Fsp3) is 0.333. The molecule has 0 aromatic heterocycles. The average Bonchev–Trinajstić information content (AvgIpc) is 2.42. The number of hydrogen-bond acceptors (Lipinski definition) is 1. The first-order chi connectivity index (χ1) is 10.1. The van der Waals surface area contributed by atoms with Crippen molar-refractivity contribution in [1.29, 1.82) is 0 Å². The lowest BCUT2D eigenvalue weighted by Gasteiger charge is -2.38. The molecule has 0 radical (unpaired) electrons. The van der Waals surface area contributed by atoms with Crippen molar-refractivity contribution in [3.63, 3.8) is 0 Å². The van der Waals surface area contributed by atoms with Gasteiger partial charge >= 0.3 is 0 Å². The molecule has 0 aliphatic heterocycles. The summed E-state index contributed by atoms with van der Waals surface area (Å²) in [6, 6.07) is 15.6. The third kappa shape index (κ3) is 3.45. The highest BCUT2D eigenvalue weighted by Gasteiger charge is 2.31. The molecule has 1 fully saturated rings. The van der Waals surface area contributed by atoms with Crippen LogP contribution in [0.15, 0.2) is 48.5 Å². The molecule has 0 saturated heterocycles.